The van der Waals surface area contributed by atoms with Gasteiger partial charge in [-0.15, -0.1) is 11.8 Å². The summed E-state index contributed by atoms with van der Waals surface area (Å²) in [7, 11) is 0. The fourth-order valence-corrected chi connectivity index (χ4v) is 11.6. The highest BCUT2D eigenvalue weighted by atomic mass is 15.4. The van der Waals surface area contributed by atoms with Gasteiger partial charge in [0, 0.05) is 47.2 Å². The van der Waals surface area contributed by atoms with E-state index in [1.165, 1.54) is 90.0 Å². The second-order valence-electron chi connectivity index (χ2n) is 12.8. The quantitative estimate of drug-likeness (QED) is 0.259. The number of fused-ring (bicyclic) bond motifs is 2. The number of hydrogen-bond donors (Lipinski definition) is 0. The molecule has 1 heteroatoms. The lowest BCUT2D eigenvalue weighted by Crippen LogP contribution is -2.60. The van der Waals surface area contributed by atoms with E-state index in [1.807, 2.05) is 5.57 Å². The van der Waals surface area contributed by atoms with Crippen molar-refractivity contribution in [2.75, 3.05) is 6.54 Å². The van der Waals surface area contributed by atoms with E-state index in [0.29, 0.717) is 33.2 Å². The molecular weight excluding hydrogens is 362 g/mol. The van der Waals surface area contributed by atoms with Gasteiger partial charge in [-0.1, -0.05) is 42.6 Å². The van der Waals surface area contributed by atoms with E-state index in [2.05, 4.69) is 35.8 Å². The first-order valence-electron chi connectivity index (χ1n) is 13.2. The summed E-state index contributed by atoms with van der Waals surface area (Å²) in [6.07, 6.45) is 25.3. The normalized spacial score (nSPS) is 58.9. The summed E-state index contributed by atoms with van der Waals surface area (Å²) in [6, 6.07) is 0.699. The van der Waals surface area contributed by atoms with E-state index in [4.69, 9.17) is 0 Å². The third-order valence-electron chi connectivity index (χ3n) is 12.7. The monoisotopic (exact) mass is 399 g/mol. The predicted octanol–water partition coefficient (Wildman–Crippen LogP) is 6.40. The highest BCUT2D eigenvalue weighted by molar-refractivity contribution is 5.48. The zero-order valence-electron chi connectivity index (χ0n) is 18.9. The molecule has 5 fully saturated rings. The van der Waals surface area contributed by atoms with Gasteiger partial charge < -0.3 is 0 Å². The van der Waals surface area contributed by atoms with Gasteiger partial charge in [-0.2, -0.15) is 0 Å². The van der Waals surface area contributed by atoms with Gasteiger partial charge in [0.25, 0.3) is 0 Å². The number of rotatable bonds is 0. The van der Waals surface area contributed by atoms with Gasteiger partial charge in [0.15, 0.2) is 0 Å². The Morgan fingerprint density at radius 1 is 0.967 bits per heavy atom. The molecule has 0 N–H and O–H groups in total. The highest BCUT2D eigenvalue weighted by Gasteiger charge is 2.79. The topological polar surface area (TPSA) is 3.01 Å². The third-order valence-corrected chi connectivity index (χ3v) is 12.7. The molecule has 8 unspecified atom stereocenters. The zero-order valence-corrected chi connectivity index (χ0v) is 18.9. The molecule has 158 valence electrons. The van der Waals surface area contributed by atoms with Crippen molar-refractivity contribution in [3.63, 3.8) is 0 Å². The number of allylic oxidation sites excluding steroid dienone is 2. The molecule has 8 atom stereocenters. The minimum absolute atomic E-state index is 0.389. The van der Waals surface area contributed by atoms with Crippen molar-refractivity contribution in [2.45, 2.75) is 108 Å². The van der Waals surface area contributed by atoms with Crippen molar-refractivity contribution in [3.8, 4) is 11.8 Å². The van der Waals surface area contributed by atoms with E-state index < -0.39 is 0 Å². The molecule has 6 aliphatic carbocycles. The minimum atomic E-state index is 0.389. The van der Waals surface area contributed by atoms with Crippen LogP contribution in [0.3, 0.4) is 0 Å². The van der Waals surface area contributed by atoms with Crippen molar-refractivity contribution in [3.05, 3.63) is 23.3 Å². The van der Waals surface area contributed by atoms with E-state index in [0.717, 1.165) is 12.3 Å². The summed E-state index contributed by atoms with van der Waals surface area (Å²) in [5.74, 6) is 8.76. The van der Waals surface area contributed by atoms with Crippen LogP contribution in [0.4, 0.5) is 0 Å². The van der Waals surface area contributed by atoms with Gasteiger partial charge in [0.05, 0.1) is 0 Å². The van der Waals surface area contributed by atoms with Crippen LogP contribution in [0.15, 0.2) is 23.3 Å². The fraction of sp³-hybridized carbons (Fsp3) is 0.793. The van der Waals surface area contributed by atoms with Crippen LogP contribution in [0.2, 0.25) is 0 Å². The molecule has 1 saturated heterocycles. The molecule has 0 radical (unpaired) electrons. The average molecular weight is 400 g/mol. The summed E-state index contributed by atoms with van der Waals surface area (Å²) in [6.45, 7) is 3.89. The number of nitrogens with zero attached hydrogens (tertiary/aromatic N) is 1. The molecule has 4 spiro atoms. The van der Waals surface area contributed by atoms with Crippen LogP contribution in [-0.4, -0.2) is 23.0 Å². The van der Waals surface area contributed by atoms with Crippen molar-refractivity contribution < 1.29 is 0 Å². The SMILES string of the molecule is CC1=C2CC34CCC5CCCCC3(CC#CCC36C=CC4N4CC43CCC6)C25CC1. The average Bonchev–Trinajstić information content (AvgIpc) is 3.24. The Morgan fingerprint density at radius 2 is 1.90 bits per heavy atom. The van der Waals surface area contributed by atoms with Crippen molar-refractivity contribution in [2.24, 2.45) is 27.6 Å². The van der Waals surface area contributed by atoms with Crippen LogP contribution in [0.25, 0.3) is 0 Å². The molecular formula is C29H37N. The largest absolute Gasteiger partial charge is 0.287 e. The molecule has 0 aromatic carbocycles. The Kier molecular flexibility index (Phi) is 3.01. The third kappa shape index (κ3) is 1.54. The summed E-state index contributed by atoms with van der Waals surface area (Å²) >= 11 is 0. The summed E-state index contributed by atoms with van der Waals surface area (Å²) < 4.78 is 0. The van der Waals surface area contributed by atoms with Crippen LogP contribution in [0.1, 0.15) is 96.8 Å². The Balaban J connectivity index is 1.42. The minimum Gasteiger partial charge on any atom is -0.287 e. The van der Waals surface area contributed by atoms with Gasteiger partial charge in [0.2, 0.25) is 0 Å². The van der Waals surface area contributed by atoms with Crippen LogP contribution in [0.5, 0.6) is 0 Å². The first kappa shape index (κ1) is 17.5. The van der Waals surface area contributed by atoms with E-state index in [-0.39, 0.29) is 0 Å². The Bertz CT molecular complexity index is 976. The first-order chi connectivity index (χ1) is 14.6. The van der Waals surface area contributed by atoms with Crippen LogP contribution < -0.4 is 0 Å². The van der Waals surface area contributed by atoms with Crippen LogP contribution in [-0.2, 0) is 0 Å². The molecule has 0 aromatic rings. The molecule has 9 aliphatic rings. The van der Waals surface area contributed by atoms with E-state index in [9.17, 15) is 0 Å². The maximum absolute atomic E-state index is 3.95. The molecule has 4 saturated carbocycles. The van der Waals surface area contributed by atoms with Gasteiger partial charge in [0.1, 0.15) is 0 Å². The van der Waals surface area contributed by atoms with Crippen LogP contribution in [0, 0.1) is 39.4 Å². The second-order valence-corrected chi connectivity index (χ2v) is 12.8. The van der Waals surface area contributed by atoms with Crippen molar-refractivity contribution >= 4 is 0 Å². The number of hydrogen-bond acceptors (Lipinski definition) is 1. The smallest absolute Gasteiger partial charge is 0.0443 e. The molecule has 30 heavy (non-hydrogen) atoms. The lowest BCUT2D eigenvalue weighted by molar-refractivity contribution is -0.123. The van der Waals surface area contributed by atoms with Crippen molar-refractivity contribution in [1.29, 1.82) is 0 Å². The zero-order chi connectivity index (χ0) is 19.8. The molecule has 9 rings (SSSR count). The summed E-state index contributed by atoms with van der Waals surface area (Å²) in [5.41, 5.74) is 6.08. The summed E-state index contributed by atoms with van der Waals surface area (Å²) in [5, 5.41) is 0. The second kappa shape index (κ2) is 5.14. The molecule has 3 heterocycles. The fourth-order valence-electron chi connectivity index (χ4n) is 11.6. The Morgan fingerprint density at radius 3 is 2.87 bits per heavy atom. The maximum Gasteiger partial charge on any atom is 0.0443 e. The van der Waals surface area contributed by atoms with E-state index >= 15 is 0 Å². The molecule has 0 aromatic heterocycles. The van der Waals surface area contributed by atoms with E-state index in [1.54, 1.807) is 5.57 Å². The van der Waals surface area contributed by atoms with Gasteiger partial charge >= 0.3 is 0 Å². The molecule has 3 aliphatic heterocycles. The van der Waals surface area contributed by atoms with Crippen LogP contribution >= 0.6 is 0 Å². The summed E-state index contributed by atoms with van der Waals surface area (Å²) in [4.78, 5) is 3.06. The standard InChI is InChI=1S/C29H37N/c1-21-8-18-29-22-7-2-3-13-27(29)14-5-4-11-25-12-6-15-28(25)20-30(28)24(10-16-25)26(27,17-9-22)19-23(21)29/h10,16,22,24H,2-3,6-9,11-15,17-20H2,1H3. The lowest BCUT2D eigenvalue weighted by Gasteiger charge is -2.62. The van der Waals surface area contributed by atoms with Gasteiger partial charge in [-0.3, -0.25) is 4.90 Å². The molecule has 6 bridgehead atoms. The lowest BCUT2D eigenvalue weighted by atomic mass is 9.42. The molecule has 1 nitrogen and oxygen atoms in total. The highest BCUT2D eigenvalue weighted by Crippen LogP contribution is 2.83. The molecule has 0 amide bonds. The predicted molar refractivity (Wildman–Crippen MR) is 121 cm³/mol. The maximum atomic E-state index is 3.95. The Labute approximate surface area is 182 Å². The first-order valence-corrected chi connectivity index (χ1v) is 13.2. The van der Waals surface area contributed by atoms with Gasteiger partial charge in [-0.25, -0.2) is 0 Å². The Hall–Kier alpha value is -1.00. The van der Waals surface area contributed by atoms with Crippen molar-refractivity contribution in [1.82, 2.24) is 4.90 Å². The van der Waals surface area contributed by atoms with Gasteiger partial charge in [-0.05, 0) is 76.0 Å².